The molecule has 1 rings (SSSR count). The Labute approximate surface area is 83.3 Å². The van der Waals surface area contributed by atoms with Gasteiger partial charge in [-0.05, 0) is 12.1 Å². The van der Waals surface area contributed by atoms with E-state index in [4.69, 9.17) is 6.57 Å². The van der Waals surface area contributed by atoms with Crippen LogP contribution in [-0.2, 0) is 0 Å². The molecule has 1 unspecified atom stereocenters. The summed E-state index contributed by atoms with van der Waals surface area (Å²) in [6.45, 7) is 6.63. The summed E-state index contributed by atoms with van der Waals surface area (Å²) in [7, 11) is 0. The number of benzene rings is 1. The predicted molar refractivity (Wildman–Crippen MR) is 49.5 cm³/mol. The second-order valence-corrected chi connectivity index (χ2v) is 3.38. The first-order valence-electron chi connectivity index (χ1n) is 3.55. The first-order valence-corrected chi connectivity index (χ1v) is 4.34. The molecule has 68 valence electrons. The molecule has 0 N–H and O–H groups in total. The average molecular weight is 246 g/mol. The van der Waals surface area contributed by atoms with E-state index in [0.717, 1.165) is 0 Å². The second kappa shape index (κ2) is 4.33. The fraction of sp³-hybridized carbons (Fsp3) is 0.222. The third-order valence-corrected chi connectivity index (χ3v) is 2.06. The van der Waals surface area contributed by atoms with Crippen LogP contribution < -0.4 is 0 Å². The SMILES string of the molecule is [C-]#[N+]C(c1cccc(Br)c1)C(F)F. The van der Waals surface area contributed by atoms with E-state index in [1.807, 2.05) is 0 Å². The highest BCUT2D eigenvalue weighted by Crippen LogP contribution is 2.26. The molecule has 0 amide bonds. The van der Waals surface area contributed by atoms with Crippen LogP contribution in [0, 0.1) is 6.57 Å². The van der Waals surface area contributed by atoms with Crippen molar-refractivity contribution in [3.63, 3.8) is 0 Å². The monoisotopic (exact) mass is 245 g/mol. The van der Waals surface area contributed by atoms with Crippen molar-refractivity contribution >= 4 is 15.9 Å². The van der Waals surface area contributed by atoms with Gasteiger partial charge in [0, 0.05) is 10.0 Å². The number of nitrogens with zero attached hydrogens (tertiary/aromatic N) is 1. The van der Waals surface area contributed by atoms with Crippen molar-refractivity contribution in [2.75, 3.05) is 0 Å². The molecule has 0 aliphatic carbocycles. The normalized spacial score (nSPS) is 12.5. The Kier molecular flexibility index (Phi) is 3.38. The lowest BCUT2D eigenvalue weighted by Crippen LogP contribution is -2.04. The third kappa shape index (κ3) is 2.49. The topological polar surface area (TPSA) is 4.36 Å². The average Bonchev–Trinajstić information content (AvgIpc) is 2.04. The summed E-state index contributed by atoms with van der Waals surface area (Å²) in [5.41, 5.74) is 0.347. The Morgan fingerprint density at radius 1 is 1.38 bits per heavy atom. The molecule has 1 atom stereocenters. The zero-order valence-electron chi connectivity index (χ0n) is 6.55. The van der Waals surface area contributed by atoms with Crippen LogP contribution in [0.2, 0.25) is 0 Å². The van der Waals surface area contributed by atoms with Gasteiger partial charge in [-0.15, -0.1) is 0 Å². The summed E-state index contributed by atoms with van der Waals surface area (Å²) >= 11 is 3.16. The van der Waals surface area contributed by atoms with Gasteiger partial charge >= 0.3 is 12.5 Å². The van der Waals surface area contributed by atoms with Gasteiger partial charge in [0.15, 0.2) is 0 Å². The van der Waals surface area contributed by atoms with Crippen molar-refractivity contribution < 1.29 is 8.78 Å². The molecule has 1 nitrogen and oxygen atoms in total. The van der Waals surface area contributed by atoms with Gasteiger partial charge in [0.2, 0.25) is 0 Å². The van der Waals surface area contributed by atoms with Crippen molar-refractivity contribution in [2.24, 2.45) is 0 Å². The quantitative estimate of drug-likeness (QED) is 0.701. The van der Waals surface area contributed by atoms with Crippen LogP contribution in [0.3, 0.4) is 0 Å². The van der Waals surface area contributed by atoms with Gasteiger partial charge in [0.25, 0.3) is 0 Å². The molecular weight excluding hydrogens is 240 g/mol. The van der Waals surface area contributed by atoms with Crippen LogP contribution in [0.1, 0.15) is 11.6 Å². The fourth-order valence-corrected chi connectivity index (χ4v) is 1.38. The van der Waals surface area contributed by atoms with Crippen molar-refractivity contribution in [1.82, 2.24) is 0 Å². The molecule has 0 aliphatic rings. The van der Waals surface area contributed by atoms with E-state index in [0.29, 0.717) is 10.0 Å². The van der Waals surface area contributed by atoms with Gasteiger partial charge in [-0.3, -0.25) is 0 Å². The maximum Gasteiger partial charge on any atom is 0.316 e. The number of halogens is 3. The van der Waals surface area contributed by atoms with E-state index in [1.54, 1.807) is 12.1 Å². The van der Waals surface area contributed by atoms with Gasteiger partial charge in [0.1, 0.15) is 0 Å². The molecule has 1 aromatic carbocycles. The van der Waals surface area contributed by atoms with Crippen LogP contribution in [-0.4, -0.2) is 6.43 Å². The Hall–Kier alpha value is -0.950. The summed E-state index contributed by atoms with van der Waals surface area (Å²) in [6.07, 6.45) is -2.63. The molecule has 0 aromatic heterocycles. The van der Waals surface area contributed by atoms with Crippen molar-refractivity contribution in [3.05, 3.63) is 45.7 Å². The van der Waals surface area contributed by atoms with Crippen LogP contribution in [0.25, 0.3) is 4.85 Å². The van der Waals surface area contributed by atoms with Crippen molar-refractivity contribution in [3.8, 4) is 0 Å². The molecule has 0 fully saturated rings. The number of hydrogen-bond donors (Lipinski definition) is 0. The summed E-state index contributed by atoms with van der Waals surface area (Å²) in [5.74, 6) is 0. The summed E-state index contributed by atoms with van der Waals surface area (Å²) in [6, 6.07) is 5.09. The van der Waals surface area contributed by atoms with Gasteiger partial charge in [-0.25, -0.2) is 15.4 Å². The van der Waals surface area contributed by atoms with Crippen molar-refractivity contribution in [2.45, 2.75) is 12.5 Å². The highest BCUT2D eigenvalue weighted by molar-refractivity contribution is 9.10. The lowest BCUT2D eigenvalue weighted by molar-refractivity contribution is 0.130. The van der Waals surface area contributed by atoms with Crippen LogP contribution in [0.15, 0.2) is 28.7 Å². The number of hydrogen-bond acceptors (Lipinski definition) is 0. The largest absolute Gasteiger partial charge is 0.316 e. The zero-order chi connectivity index (χ0) is 9.84. The molecule has 0 heterocycles. The molecule has 0 bridgehead atoms. The highest BCUT2D eigenvalue weighted by atomic mass is 79.9. The third-order valence-electron chi connectivity index (χ3n) is 1.57. The Morgan fingerprint density at radius 2 is 2.08 bits per heavy atom. The molecule has 0 saturated heterocycles. The predicted octanol–water partition coefficient (Wildman–Crippen LogP) is 3.67. The zero-order valence-corrected chi connectivity index (χ0v) is 8.13. The Bertz CT molecular complexity index is 333. The second-order valence-electron chi connectivity index (χ2n) is 2.46. The lowest BCUT2D eigenvalue weighted by atomic mass is 10.1. The molecule has 0 aliphatic heterocycles. The minimum Gasteiger partial charge on any atom is -0.302 e. The van der Waals surface area contributed by atoms with Crippen LogP contribution in [0.4, 0.5) is 8.78 Å². The molecule has 0 saturated carbocycles. The van der Waals surface area contributed by atoms with Gasteiger partial charge in [-0.2, -0.15) is 0 Å². The summed E-state index contributed by atoms with van der Waals surface area (Å²) in [4.78, 5) is 2.88. The molecular formula is C9H6BrF2N. The lowest BCUT2D eigenvalue weighted by Gasteiger charge is -2.04. The van der Waals surface area contributed by atoms with E-state index in [9.17, 15) is 8.78 Å². The van der Waals surface area contributed by atoms with Crippen molar-refractivity contribution in [1.29, 1.82) is 0 Å². The van der Waals surface area contributed by atoms with E-state index in [1.165, 1.54) is 12.1 Å². The summed E-state index contributed by atoms with van der Waals surface area (Å²) in [5, 5.41) is 0. The number of alkyl halides is 2. The minimum absolute atomic E-state index is 0.347. The maximum absolute atomic E-state index is 12.3. The van der Waals surface area contributed by atoms with Gasteiger partial charge < -0.3 is 4.85 Å². The smallest absolute Gasteiger partial charge is 0.302 e. The standard InChI is InChI=1S/C9H6BrF2N/c1-13-8(9(11)12)6-3-2-4-7(10)5-6/h2-5,8-9H. The minimum atomic E-state index is -2.63. The van der Waals surface area contributed by atoms with Gasteiger partial charge in [-0.1, -0.05) is 28.1 Å². The number of rotatable bonds is 2. The van der Waals surface area contributed by atoms with E-state index >= 15 is 0 Å². The fourth-order valence-electron chi connectivity index (χ4n) is 0.967. The first kappa shape index (κ1) is 10.1. The molecule has 0 radical (unpaired) electrons. The van der Waals surface area contributed by atoms with Gasteiger partial charge in [0.05, 0.1) is 0 Å². The molecule has 0 spiro atoms. The first-order chi connectivity index (χ1) is 6.15. The van der Waals surface area contributed by atoms with E-state index < -0.39 is 12.5 Å². The van der Waals surface area contributed by atoms with E-state index in [-0.39, 0.29) is 0 Å². The van der Waals surface area contributed by atoms with Crippen LogP contribution in [0.5, 0.6) is 0 Å². The summed E-state index contributed by atoms with van der Waals surface area (Å²) < 4.78 is 25.3. The molecule has 4 heteroatoms. The Balaban J connectivity index is 3.00. The molecule has 13 heavy (non-hydrogen) atoms. The highest BCUT2D eigenvalue weighted by Gasteiger charge is 2.27. The van der Waals surface area contributed by atoms with Crippen LogP contribution >= 0.6 is 15.9 Å². The maximum atomic E-state index is 12.3. The Morgan fingerprint density at radius 3 is 2.54 bits per heavy atom. The van der Waals surface area contributed by atoms with E-state index in [2.05, 4.69) is 20.8 Å². The molecule has 1 aromatic rings.